The largest absolute Gasteiger partial charge is 0.481 e. The molecule has 0 aliphatic carbocycles. The molecule has 1 N–H and O–H groups in total. The highest BCUT2D eigenvalue weighted by Gasteiger charge is 2.27. The SMILES string of the molecule is O=C(O)C1CCN(c2ccc(S(=O)P)cc2)C1. The van der Waals surface area contributed by atoms with Crippen LogP contribution in [0, 0.1) is 5.92 Å². The third-order valence-corrected chi connectivity index (χ3v) is 4.52. The zero-order valence-electron chi connectivity index (χ0n) is 9.20. The normalized spacial score (nSPS) is 21.5. The summed E-state index contributed by atoms with van der Waals surface area (Å²) in [5.74, 6) is -0.999. The van der Waals surface area contributed by atoms with Crippen molar-refractivity contribution in [3.05, 3.63) is 24.3 Å². The van der Waals surface area contributed by atoms with Crippen LogP contribution in [0.5, 0.6) is 0 Å². The number of benzene rings is 1. The number of carboxylic acids is 1. The first kappa shape index (κ1) is 12.5. The molecule has 1 aliphatic rings. The van der Waals surface area contributed by atoms with Gasteiger partial charge in [0.25, 0.3) is 0 Å². The van der Waals surface area contributed by atoms with Crippen LogP contribution >= 0.6 is 8.44 Å². The van der Waals surface area contributed by atoms with Gasteiger partial charge < -0.3 is 10.0 Å². The van der Waals surface area contributed by atoms with Crippen LogP contribution in [0.1, 0.15) is 6.42 Å². The van der Waals surface area contributed by atoms with Crippen LogP contribution in [0.15, 0.2) is 29.2 Å². The number of hydrogen-bond acceptors (Lipinski definition) is 3. The molecule has 92 valence electrons. The number of carboxylic acid groups (broad SMARTS) is 1. The summed E-state index contributed by atoms with van der Waals surface area (Å²) in [5, 5.41) is 8.93. The number of nitrogens with zero attached hydrogens (tertiary/aromatic N) is 1. The molecule has 3 unspecified atom stereocenters. The zero-order chi connectivity index (χ0) is 12.4. The maximum Gasteiger partial charge on any atom is 0.308 e. The van der Waals surface area contributed by atoms with Gasteiger partial charge >= 0.3 is 5.97 Å². The summed E-state index contributed by atoms with van der Waals surface area (Å²) in [7, 11) is 1.20. The minimum atomic E-state index is -1.05. The van der Waals surface area contributed by atoms with Gasteiger partial charge in [-0.1, -0.05) is 0 Å². The second kappa shape index (κ2) is 5.15. The molecule has 17 heavy (non-hydrogen) atoms. The highest BCUT2D eigenvalue weighted by Crippen LogP contribution is 2.25. The van der Waals surface area contributed by atoms with Crippen molar-refractivity contribution in [2.45, 2.75) is 11.3 Å². The molecule has 1 aromatic carbocycles. The standard InChI is InChI=1S/C11H14NO3PS/c13-11(14)8-5-6-12(7-8)9-1-3-10(4-2-9)17(15)16/h1-4,8H,5-7,16H2,(H,13,14). The van der Waals surface area contributed by atoms with E-state index in [1.807, 2.05) is 29.2 Å². The van der Waals surface area contributed by atoms with Crippen LogP contribution in [0.4, 0.5) is 5.69 Å². The first-order valence-corrected chi connectivity index (χ1v) is 7.94. The van der Waals surface area contributed by atoms with Gasteiger partial charge in [0.1, 0.15) is 0 Å². The molecule has 0 spiro atoms. The van der Waals surface area contributed by atoms with Gasteiger partial charge in [-0.2, -0.15) is 0 Å². The third kappa shape index (κ3) is 2.85. The fourth-order valence-corrected chi connectivity index (χ4v) is 2.86. The smallest absolute Gasteiger partial charge is 0.308 e. The second-order valence-electron chi connectivity index (χ2n) is 4.06. The Hall–Kier alpha value is -0.930. The minimum Gasteiger partial charge on any atom is -0.481 e. The van der Waals surface area contributed by atoms with Crippen molar-refractivity contribution in [2.75, 3.05) is 18.0 Å². The van der Waals surface area contributed by atoms with Crippen LogP contribution in [-0.4, -0.2) is 28.4 Å². The predicted molar refractivity (Wildman–Crippen MR) is 70.5 cm³/mol. The second-order valence-corrected chi connectivity index (χ2v) is 6.41. The molecule has 0 aromatic heterocycles. The molecule has 0 bridgehead atoms. The Kier molecular flexibility index (Phi) is 3.79. The maximum atomic E-state index is 11.2. The number of hydrogen-bond donors (Lipinski definition) is 1. The van der Waals surface area contributed by atoms with Crippen molar-refractivity contribution >= 4 is 30.5 Å². The molecule has 2 rings (SSSR count). The highest BCUT2D eigenvalue weighted by molar-refractivity contribution is 8.33. The Bertz CT molecular complexity index is 449. The van der Waals surface area contributed by atoms with E-state index < -0.39 is 16.4 Å². The highest BCUT2D eigenvalue weighted by atomic mass is 32.7. The molecule has 1 aromatic rings. The van der Waals surface area contributed by atoms with E-state index in [-0.39, 0.29) is 5.92 Å². The topological polar surface area (TPSA) is 57.6 Å². The van der Waals surface area contributed by atoms with E-state index in [0.29, 0.717) is 13.0 Å². The fraction of sp³-hybridized carbons (Fsp3) is 0.364. The summed E-state index contributed by atoms with van der Waals surface area (Å²) >= 11 is 0. The van der Waals surface area contributed by atoms with Crippen molar-refractivity contribution < 1.29 is 14.1 Å². The van der Waals surface area contributed by atoms with E-state index in [1.165, 1.54) is 0 Å². The number of anilines is 1. The lowest BCUT2D eigenvalue weighted by Gasteiger charge is -2.18. The van der Waals surface area contributed by atoms with Crippen LogP contribution in [0.2, 0.25) is 0 Å². The van der Waals surface area contributed by atoms with Crippen molar-refractivity contribution in [3.63, 3.8) is 0 Å². The van der Waals surface area contributed by atoms with Gasteiger partial charge in [-0.15, -0.1) is 0 Å². The molecule has 6 heteroatoms. The zero-order valence-corrected chi connectivity index (χ0v) is 11.2. The molecule has 0 saturated carbocycles. The maximum absolute atomic E-state index is 11.2. The fourth-order valence-electron chi connectivity index (χ4n) is 1.99. The predicted octanol–water partition coefficient (Wildman–Crippen LogP) is 1.50. The van der Waals surface area contributed by atoms with Gasteiger partial charge in [0, 0.05) is 23.7 Å². The van der Waals surface area contributed by atoms with E-state index in [1.54, 1.807) is 0 Å². The first-order chi connectivity index (χ1) is 8.08. The van der Waals surface area contributed by atoms with Gasteiger partial charge in [0.05, 0.1) is 16.3 Å². The monoisotopic (exact) mass is 271 g/mol. The van der Waals surface area contributed by atoms with E-state index in [0.717, 1.165) is 17.1 Å². The summed E-state index contributed by atoms with van der Waals surface area (Å²) in [4.78, 5) is 13.7. The lowest BCUT2D eigenvalue weighted by molar-refractivity contribution is -0.140. The van der Waals surface area contributed by atoms with Gasteiger partial charge in [-0.05, 0) is 39.1 Å². The van der Waals surface area contributed by atoms with Crippen LogP contribution in [0.25, 0.3) is 0 Å². The average molecular weight is 271 g/mol. The van der Waals surface area contributed by atoms with Gasteiger partial charge in [0.2, 0.25) is 0 Å². The summed E-state index contributed by atoms with van der Waals surface area (Å²) < 4.78 is 11.2. The number of carbonyl (C=O) groups is 1. The van der Waals surface area contributed by atoms with Gasteiger partial charge in [0.15, 0.2) is 0 Å². The van der Waals surface area contributed by atoms with E-state index >= 15 is 0 Å². The van der Waals surface area contributed by atoms with Gasteiger partial charge in [-0.25, -0.2) is 0 Å². The Labute approximate surface area is 104 Å². The number of aliphatic carboxylic acids is 1. The lowest BCUT2D eigenvalue weighted by Crippen LogP contribution is -2.22. The quantitative estimate of drug-likeness (QED) is 0.846. The Morgan fingerprint density at radius 2 is 2.06 bits per heavy atom. The molecule has 4 nitrogen and oxygen atoms in total. The lowest BCUT2D eigenvalue weighted by atomic mass is 10.1. The summed E-state index contributed by atoms with van der Waals surface area (Å²) in [6.45, 7) is 1.32. The molecule has 3 atom stereocenters. The van der Waals surface area contributed by atoms with Crippen molar-refractivity contribution in [1.29, 1.82) is 0 Å². The van der Waals surface area contributed by atoms with Crippen molar-refractivity contribution in [1.82, 2.24) is 0 Å². The van der Waals surface area contributed by atoms with Crippen LogP contribution in [0.3, 0.4) is 0 Å². The van der Waals surface area contributed by atoms with E-state index in [4.69, 9.17) is 5.11 Å². The van der Waals surface area contributed by atoms with Crippen LogP contribution in [-0.2, 0) is 15.2 Å². The molecule has 1 aliphatic heterocycles. The first-order valence-electron chi connectivity index (χ1n) is 5.32. The van der Waals surface area contributed by atoms with Crippen molar-refractivity contribution in [3.8, 4) is 0 Å². The van der Waals surface area contributed by atoms with Crippen molar-refractivity contribution in [2.24, 2.45) is 5.92 Å². The molecule has 1 saturated heterocycles. The molecule has 0 radical (unpaired) electrons. The Morgan fingerprint density at radius 1 is 1.41 bits per heavy atom. The summed E-state index contributed by atoms with van der Waals surface area (Å²) in [6, 6.07) is 7.40. The molecular weight excluding hydrogens is 257 g/mol. The summed E-state index contributed by atoms with van der Waals surface area (Å²) in [5.41, 5.74) is 0.993. The molecular formula is C11H14NO3PS. The Balaban J connectivity index is 2.09. The Morgan fingerprint density at radius 3 is 2.53 bits per heavy atom. The molecule has 1 heterocycles. The summed E-state index contributed by atoms with van der Waals surface area (Å²) in [6.07, 6.45) is 0.687. The minimum absolute atomic E-state index is 0.273. The van der Waals surface area contributed by atoms with E-state index in [9.17, 15) is 9.00 Å². The number of rotatable bonds is 3. The van der Waals surface area contributed by atoms with Gasteiger partial charge in [-0.3, -0.25) is 9.00 Å². The molecule has 0 amide bonds. The third-order valence-electron chi connectivity index (χ3n) is 2.97. The van der Waals surface area contributed by atoms with E-state index in [2.05, 4.69) is 8.44 Å². The average Bonchev–Trinajstić information content (AvgIpc) is 2.78. The molecule has 1 fully saturated rings. The van der Waals surface area contributed by atoms with Crippen LogP contribution < -0.4 is 4.90 Å².